The van der Waals surface area contributed by atoms with E-state index in [1.807, 2.05) is 31.2 Å². The molecule has 4 aromatic rings. The van der Waals surface area contributed by atoms with Crippen LogP contribution in [0, 0.1) is 6.92 Å². The van der Waals surface area contributed by atoms with Gasteiger partial charge in [-0.2, -0.15) is 4.80 Å². The van der Waals surface area contributed by atoms with E-state index in [0.717, 1.165) is 34.3 Å². The van der Waals surface area contributed by atoms with Crippen molar-refractivity contribution in [3.8, 4) is 5.69 Å². The summed E-state index contributed by atoms with van der Waals surface area (Å²) in [5.41, 5.74) is 5.46. The molecule has 0 fully saturated rings. The van der Waals surface area contributed by atoms with E-state index in [1.165, 1.54) is 5.69 Å². The summed E-state index contributed by atoms with van der Waals surface area (Å²) < 4.78 is 0.786. The number of aryl methyl sites for hydroxylation is 1. The van der Waals surface area contributed by atoms with Crippen LogP contribution in [-0.4, -0.2) is 34.0 Å². The number of nitrogens with zero attached hydrogens (tertiary/aromatic N) is 4. The molecule has 0 saturated carbocycles. The number of fused-ring (bicyclic) bond motifs is 1. The zero-order chi connectivity index (χ0) is 22.8. The highest BCUT2D eigenvalue weighted by Gasteiger charge is 2.15. The summed E-state index contributed by atoms with van der Waals surface area (Å²) in [5, 5.41) is 12.6. The Labute approximate surface area is 200 Å². The van der Waals surface area contributed by atoms with Gasteiger partial charge in [-0.25, -0.2) is 0 Å². The molecule has 3 aromatic carbocycles. The van der Waals surface area contributed by atoms with Crippen LogP contribution in [-0.2, 0) is 0 Å². The summed E-state index contributed by atoms with van der Waals surface area (Å²) in [6, 6.07) is 17.1. The topological polar surface area (TPSA) is 63.1 Å². The number of rotatable bonds is 6. The summed E-state index contributed by atoms with van der Waals surface area (Å²) in [6.07, 6.45) is 0. The Morgan fingerprint density at radius 2 is 1.69 bits per heavy atom. The molecule has 164 valence electrons. The van der Waals surface area contributed by atoms with E-state index in [0.29, 0.717) is 21.8 Å². The number of carbonyl (C=O) groups is 1. The molecular formula is C24H23BrClN5O. The maximum atomic E-state index is 12.8. The normalized spacial score (nSPS) is 11.0. The Bertz CT molecular complexity index is 1280. The van der Waals surface area contributed by atoms with Crippen molar-refractivity contribution >= 4 is 55.8 Å². The molecule has 0 bridgehead atoms. The molecule has 0 aliphatic rings. The number of carbonyl (C=O) groups excluding carboxylic acids is 1. The fraction of sp³-hybridized carbons (Fsp3) is 0.208. The van der Waals surface area contributed by atoms with Crippen LogP contribution in [0.5, 0.6) is 0 Å². The maximum Gasteiger partial charge on any atom is 0.257 e. The van der Waals surface area contributed by atoms with E-state index >= 15 is 0 Å². The number of hydrogen-bond acceptors (Lipinski definition) is 4. The third-order valence-corrected chi connectivity index (χ3v) is 6.18. The first-order valence-corrected chi connectivity index (χ1v) is 11.6. The van der Waals surface area contributed by atoms with Crippen molar-refractivity contribution in [3.63, 3.8) is 0 Å². The Kier molecular flexibility index (Phi) is 6.48. The summed E-state index contributed by atoms with van der Waals surface area (Å²) in [6.45, 7) is 8.12. The summed E-state index contributed by atoms with van der Waals surface area (Å²) >= 11 is 9.58. The number of halogens is 2. The van der Waals surface area contributed by atoms with Gasteiger partial charge in [-0.05, 0) is 80.9 Å². The molecule has 0 radical (unpaired) electrons. The molecule has 0 unspecified atom stereocenters. The van der Waals surface area contributed by atoms with Crippen LogP contribution in [0.3, 0.4) is 0 Å². The first-order chi connectivity index (χ1) is 15.4. The first-order valence-electron chi connectivity index (χ1n) is 10.4. The van der Waals surface area contributed by atoms with Gasteiger partial charge in [0.15, 0.2) is 0 Å². The monoisotopic (exact) mass is 511 g/mol. The Balaban J connectivity index is 1.62. The number of amides is 1. The molecule has 1 aromatic heterocycles. The minimum atomic E-state index is -0.280. The summed E-state index contributed by atoms with van der Waals surface area (Å²) in [7, 11) is 0. The van der Waals surface area contributed by atoms with E-state index < -0.39 is 0 Å². The van der Waals surface area contributed by atoms with Gasteiger partial charge in [-0.15, -0.1) is 10.2 Å². The first kappa shape index (κ1) is 22.3. The van der Waals surface area contributed by atoms with Gasteiger partial charge in [-0.1, -0.05) is 27.5 Å². The molecular weight excluding hydrogens is 490 g/mol. The Morgan fingerprint density at radius 1 is 1.03 bits per heavy atom. The van der Waals surface area contributed by atoms with Crippen LogP contribution in [0.25, 0.3) is 16.7 Å². The predicted molar refractivity (Wildman–Crippen MR) is 134 cm³/mol. The molecule has 0 spiro atoms. The van der Waals surface area contributed by atoms with Crippen LogP contribution < -0.4 is 10.2 Å². The third-order valence-electron chi connectivity index (χ3n) is 5.36. The van der Waals surface area contributed by atoms with Crippen LogP contribution >= 0.6 is 27.5 Å². The fourth-order valence-electron chi connectivity index (χ4n) is 3.56. The molecule has 1 amide bonds. The SMILES string of the molecule is CCN(CC)c1ccc(-n2nc3cc(C)c(NC(=O)c4cc(Br)ccc4Cl)cc3n2)cc1. The number of anilines is 2. The van der Waals surface area contributed by atoms with E-state index in [2.05, 4.69) is 62.3 Å². The smallest absolute Gasteiger partial charge is 0.257 e. The molecule has 1 N–H and O–H groups in total. The number of nitrogens with one attached hydrogen (secondary N) is 1. The number of aromatic nitrogens is 3. The lowest BCUT2D eigenvalue weighted by Crippen LogP contribution is -2.21. The third kappa shape index (κ3) is 4.49. The highest BCUT2D eigenvalue weighted by Crippen LogP contribution is 2.26. The van der Waals surface area contributed by atoms with Gasteiger partial charge in [0, 0.05) is 28.9 Å². The quantitative estimate of drug-likeness (QED) is 0.332. The van der Waals surface area contributed by atoms with E-state index in [4.69, 9.17) is 11.6 Å². The average molecular weight is 513 g/mol. The van der Waals surface area contributed by atoms with E-state index in [1.54, 1.807) is 23.0 Å². The molecule has 6 nitrogen and oxygen atoms in total. The molecule has 32 heavy (non-hydrogen) atoms. The lowest BCUT2D eigenvalue weighted by atomic mass is 10.1. The second-order valence-corrected chi connectivity index (χ2v) is 8.74. The van der Waals surface area contributed by atoms with Crippen LogP contribution in [0.4, 0.5) is 11.4 Å². The zero-order valence-corrected chi connectivity index (χ0v) is 20.4. The van der Waals surface area contributed by atoms with Crippen LogP contribution in [0.1, 0.15) is 29.8 Å². The summed E-state index contributed by atoms with van der Waals surface area (Å²) in [5.74, 6) is -0.280. The highest BCUT2D eigenvalue weighted by atomic mass is 79.9. The van der Waals surface area contributed by atoms with Crippen LogP contribution in [0.2, 0.25) is 5.02 Å². The maximum absolute atomic E-state index is 12.8. The van der Waals surface area contributed by atoms with Gasteiger partial charge in [0.2, 0.25) is 0 Å². The van der Waals surface area contributed by atoms with Crippen molar-refractivity contribution in [1.29, 1.82) is 0 Å². The van der Waals surface area contributed by atoms with Gasteiger partial charge in [-0.3, -0.25) is 4.79 Å². The van der Waals surface area contributed by atoms with Crippen molar-refractivity contribution in [2.24, 2.45) is 0 Å². The molecule has 1 heterocycles. The molecule has 0 saturated heterocycles. The Morgan fingerprint density at radius 3 is 2.34 bits per heavy atom. The van der Waals surface area contributed by atoms with Crippen LogP contribution in [0.15, 0.2) is 59.1 Å². The van der Waals surface area contributed by atoms with Gasteiger partial charge in [0.05, 0.1) is 16.3 Å². The Hall–Kier alpha value is -2.90. The second-order valence-electron chi connectivity index (χ2n) is 7.41. The van der Waals surface area contributed by atoms with Crippen molar-refractivity contribution in [2.45, 2.75) is 20.8 Å². The van der Waals surface area contributed by atoms with Gasteiger partial charge in [0.25, 0.3) is 5.91 Å². The van der Waals surface area contributed by atoms with Crippen molar-refractivity contribution in [1.82, 2.24) is 15.0 Å². The zero-order valence-electron chi connectivity index (χ0n) is 18.1. The molecule has 4 rings (SSSR count). The largest absolute Gasteiger partial charge is 0.372 e. The molecule has 0 aliphatic heterocycles. The highest BCUT2D eigenvalue weighted by molar-refractivity contribution is 9.10. The number of hydrogen-bond donors (Lipinski definition) is 1. The minimum absolute atomic E-state index is 0.280. The summed E-state index contributed by atoms with van der Waals surface area (Å²) in [4.78, 5) is 16.7. The average Bonchev–Trinajstić information content (AvgIpc) is 3.19. The van der Waals surface area contributed by atoms with Crippen molar-refractivity contribution in [2.75, 3.05) is 23.3 Å². The van der Waals surface area contributed by atoms with Crippen molar-refractivity contribution in [3.05, 3.63) is 75.2 Å². The van der Waals surface area contributed by atoms with Crippen molar-refractivity contribution < 1.29 is 4.79 Å². The molecule has 0 atom stereocenters. The van der Waals surface area contributed by atoms with E-state index in [-0.39, 0.29) is 5.91 Å². The predicted octanol–water partition coefficient (Wildman–Crippen LogP) is 6.24. The lowest BCUT2D eigenvalue weighted by molar-refractivity contribution is 0.102. The lowest BCUT2D eigenvalue weighted by Gasteiger charge is -2.20. The minimum Gasteiger partial charge on any atom is -0.372 e. The van der Waals surface area contributed by atoms with Gasteiger partial charge >= 0.3 is 0 Å². The second kappa shape index (κ2) is 9.30. The molecule has 8 heteroatoms. The number of benzene rings is 3. The van der Waals surface area contributed by atoms with E-state index in [9.17, 15) is 4.79 Å². The standard InChI is InChI=1S/C24H23BrClN5O/c1-4-30(5-2)17-7-9-18(10-8-17)31-28-22-12-15(3)21(14-23(22)29-31)27-24(32)19-13-16(25)6-11-20(19)26/h6-14H,4-5H2,1-3H3,(H,27,32). The van der Waals surface area contributed by atoms with Gasteiger partial charge < -0.3 is 10.2 Å². The fourth-order valence-corrected chi connectivity index (χ4v) is 4.13. The van der Waals surface area contributed by atoms with Gasteiger partial charge in [0.1, 0.15) is 11.0 Å². The molecule has 0 aliphatic carbocycles.